The summed E-state index contributed by atoms with van der Waals surface area (Å²) >= 11 is 0. The molecule has 0 saturated carbocycles. The Morgan fingerprint density at radius 1 is 0.488 bits per heavy atom. The van der Waals surface area contributed by atoms with E-state index < -0.39 is 0 Å². The SMILES string of the molecule is c1ccc(-n2c(-c3cccc(-n4c5ccccc5c5c6oc7ccccc7c6ccc54)c3)nc3ccccc32)cc1. The van der Waals surface area contributed by atoms with Gasteiger partial charge in [-0.3, -0.25) is 4.57 Å². The van der Waals surface area contributed by atoms with Gasteiger partial charge in [-0.05, 0) is 60.7 Å². The van der Waals surface area contributed by atoms with Crippen LogP contribution >= 0.6 is 0 Å². The molecule has 41 heavy (non-hydrogen) atoms. The van der Waals surface area contributed by atoms with Crippen LogP contribution in [-0.4, -0.2) is 14.1 Å². The van der Waals surface area contributed by atoms with Crippen molar-refractivity contribution in [3.05, 3.63) is 140 Å². The maximum Gasteiger partial charge on any atom is 0.145 e. The Morgan fingerprint density at radius 3 is 2.12 bits per heavy atom. The van der Waals surface area contributed by atoms with Crippen LogP contribution in [0.15, 0.2) is 144 Å². The molecule has 0 bridgehead atoms. The first kappa shape index (κ1) is 22.2. The second-order valence-electron chi connectivity index (χ2n) is 10.4. The average molecular weight is 526 g/mol. The highest BCUT2D eigenvalue weighted by Gasteiger charge is 2.20. The third-order valence-corrected chi connectivity index (χ3v) is 8.12. The summed E-state index contributed by atoms with van der Waals surface area (Å²) < 4.78 is 11.1. The largest absolute Gasteiger partial charge is 0.455 e. The van der Waals surface area contributed by atoms with Gasteiger partial charge < -0.3 is 8.98 Å². The number of imidazole rings is 1. The minimum atomic E-state index is 0.911. The Hall–Kier alpha value is -5.61. The van der Waals surface area contributed by atoms with Gasteiger partial charge in [-0.2, -0.15) is 0 Å². The number of fused-ring (bicyclic) bond motifs is 8. The molecule has 0 aliphatic heterocycles. The van der Waals surface area contributed by atoms with Crippen LogP contribution in [0, 0.1) is 0 Å². The van der Waals surface area contributed by atoms with Gasteiger partial charge in [0, 0.05) is 33.1 Å². The lowest BCUT2D eigenvalue weighted by molar-refractivity contribution is 0.673. The van der Waals surface area contributed by atoms with Crippen LogP contribution in [0.5, 0.6) is 0 Å². The van der Waals surface area contributed by atoms with Gasteiger partial charge in [0.1, 0.15) is 17.0 Å². The summed E-state index contributed by atoms with van der Waals surface area (Å²) in [6.07, 6.45) is 0. The first-order valence-electron chi connectivity index (χ1n) is 13.8. The topological polar surface area (TPSA) is 35.9 Å². The van der Waals surface area contributed by atoms with Crippen molar-refractivity contribution in [2.75, 3.05) is 0 Å². The average Bonchev–Trinajstić information content (AvgIpc) is 3.71. The van der Waals surface area contributed by atoms with E-state index in [1.807, 2.05) is 24.3 Å². The molecule has 3 heterocycles. The molecule has 192 valence electrons. The number of para-hydroxylation sites is 5. The summed E-state index contributed by atoms with van der Waals surface area (Å²) in [4.78, 5) is 5.11. The van der Waals surface area contributed by atoms with Crippen LogP contribution in [0.3, 0.4) is 0 Å². The van der Waals surface area contributed by atoms with E-state index in [4.69, 9.17) is 9.40 Å². The van der Waals surface area contributed by atoms with Crippen LogP contribution in [0.2, 0.25) is 0 Å². The number of nitrogens with zero attached hydrogens (tertiary/aromatic N) is 3. The van der Waals surface area contributed by atoms with Crippen molar-refractivity contribution in [2.24, 2.45) is 0 Å². The van der Waals surface area contributed by atoms with Gasteiger partial charge in [-0.1, -0.05) is 78.9 Å². The maximum absolute atomic E-state index is 6.49. The van der Waals surface area contributed by atoms with Gasteiger partial charge in [0.05, 0.1) is 27.5 Å². The molecule has 0 unspecified atom stereocenters. The predicted octanol–water partition coefficient (Wildman–Crippen LogP) is 9.69. The zero-order chi connectivity index (χ0) is 26.9. The standard InChI is InChI=1S/C37H23N3O/c1-2-12-25(13-3-1)40-32-19-8-6-17-30(32)38-37(40)24-11-10-14-26(23-24)39-31-18-7-4-16-29(31)35-33(39)22-21-28-27-15-5-9-20-34(27)41-36(28)35/h1-23H. The number of hydrogen-bond donors (Lipinski definition) is 0. The fourth-order valence-electron chi connectivity index (χ4n) is 6.36. The van der Waals surface area contributed by atoms with E-state index >= 15 is 0 Å². The van der Waals surface area contributed by atoms with E-state index in [9.17, 15) is 0 Å². The predicted molar refractivity (Wildman–Crippen MR) is 168 cm³/mol. The van der Waals surface area contributed by atoms with Crippen molar-refractivity contribution in [2.45, 2.75) is 0 Å². The van der Waals surface area contributed by atoms with Gasteiger partial charge in [0.2, 0.25) is 0 Å². The number of hydrogen-bond acceptors (Lipinski definition) is 2. The van der Waals surface area contributed by atoms with Crippen LogP contribution in [-0.2, 0) is 0 Å². The summed E-state index contributed by atoms with van der Waals surface area (Å²) in [7, 11) is 0. The van der Waals surface area contributed by atoms with Crippen LogP contribution in [0.4, 0.5) is 0 Å². The Morgan fingerprint density at radius 2 is 1.22 bits per heavy atom. The van der Waals surface area contributed by atoms with Gasteiger partial charge >= 0.3 is 0 Å². The number of rotatable bonds is 3. The number of furan rings is 1. The molecular formula is C37H23N3O. The quantitative estimate of drug-likeness (QED) is 0.230. The van der Waals surface area contributed by atoms with E-state index in [1.165, 1.54) is 5.39 Å². The summed E-state index contributed by atoms with van der Waals surface area (Å²) in [6, 6.07) is 48.8. The fraction of sp³-hybridized carbons (Fsp3) is 0. The Labute approximate surface area is 235 Å². The molecule has 0 spiro atoms. The Balaban J connectivity index is 1.33. The van der Waals surface area contributed by atoms with Crippen molar-refractivity contribution in [1.82, 2.24) is 14.1 Å². The third-order valence-electron chi connectivity index (χ3n) is 8.12. The van der Waals surface area contributed by atoms with Crippen molar-refractivity contribution in [1.29, 1.82) is 0 Å². The Kier molecular flexibility index (Phi) is 4.58. The van der Waals surface area contributed by atoms with Gasteiger partial charge in [-0.15, -0.1) is 0 Å². The van der Waals surface area contributed by atoms with E-state index in [1.54, 1.807) is 0 Å². The summed E-state index contributed by atoms with van der Waals surface area (Å²) in [6.45, 7) is 0. The molecule has 0 amide bonds. The van der Waals surface area contributed by atoms with Crippen molar-refractivity contribution in [3.8, 4) is 22.8 Å². The molecule has 0 aliphatic carbocycles. The molecule has 3 aromatic heterocycles. The van der Waals surface area contributed by atoms with Gasteiger partial charge in [0.25, 0.3) is 0 Å². The summed E-state index contributed by atoms with van der Waals surface area (Å²) in [5, 5.41) is 4.59. The monoisotopic (exact) mass is 525 g/mol. The molecule has 0 N–H and O–H groups in total. The van der Waals surface area contributed by atoms with E-state index in [0.717, 1.165) is 72.2 Å². The minimum Gasteiger partial charge on any atom is -0.455 e. The molecule has 4 heteroatoms. The van der Waals surface area contributed by atoms with Gasteiger partial charge in [-0.25, -0.2) is 4.98 Å². The normalized spacial score (nSPS) is 11.9. The number of benzene rings is 6. The van der Waals surface area contributed by atoms with Gasteiger partial charge in [0.15, 0.2) is 0 Å². The molecule has 0 saturated heterocycles. The van der Waals surface area contributed by atoms with Crippen LogP contribution in [0.1, 0.15) is 0 Å². The molecule has 4 nitrogen and oxygen atoms in total. The number of aromatic nitrogens is 3. The Bertz CT molecular complexity index is 2420. The third kappa shape index (κ3) is 3.19. The first-order chi connectivity index (χ1) is 20.3. The molecule has 9 rings (SSSR count). The van der Waals surface area contributed by atoms with E-state index in [0.29, 0.717) is 0 Å². The van der Waals surface area contributed by atoms with E-state index in [-0.39, 0.29) is 0 Å². The van der Waals surface area contributed by atoms with Crippen LogP contribution < -0.4 is 0 Å². The lowest BCUT2D eigenvalue weighted by Gasteiger charge is -2.12. The first-order valence-corrected chi connectivity index (χ1v) is 13.8. The summed E-state index contributed by atoms with van der Waals surface area (Å²) in [5.41, 5.74) is 9.38. The molecular weight excluding hydrogens is 502 g/mol. The molecule has 0 aliphatic rings. The molecule has 0 radical (unpaired) electrons. The van der Waals surface area contributed by atoms with Crippen molar-refractivity contribution >= 4 is 54.8 Å². The lowest BCUT2D eigenvalue weighted by Crippen LogP contribution is -1.99. The highest BCUT2D eigenvalue weighted by molar-refractivity contribution is 6.23. The second kappa shape index (κ2) is 8.44. The van der Waals surface area contributed by atoms with Crippen molar-refractivity contribution in [3.63, 3.8) is 0 Å². The maximum atomic E-state index is 6.49. The molecule has 0 atom stereocenters. The molecule has 0 fully saturated rings. The minimum absolute atomic E-state index is 0.911. The fourth-order valence-corrected chi connectivity index (χ4v) is 6.36. The zero-order valence-corrected chi connectivity index (χ0v) is 22.0. The highest BCUT2D eigenvalue weighted by Crippen LogP contribution is 2.41. The van der Waals surface area contributed by atoms with E-state index in [2.05, 4.69) is 124 Å². The zero-order valence-electron chi connectivity index (χ0n) is 22.0. The molecule has 6 aromatic carbocycles. The summed E-state index contributed by atoms with van der Waals surface area (Å²) in [5.74, 6) is 0.916. The molecule has 9 aromatic rings. The lowest BCUT2D eigenvalue weighted by atomic mass is 10.1. The van der Waals surface area contributed by atoms with Crippen molar-refractivity contribution < 1.29 is 4.42 Å². The smallest absolute Gasteiger partial charge is 0.145 e. The second-order valence-corrected chi connectivity index (χ2v) is 10.4. The van der Waals surface area contributed by atoms with Crippen LogP contribution in [0.25, 0.3) is 77.5 Å². The highest BCUT2D eigenvalue weighted by atomic mass is 16.3.